The highest BCUT2D eigenvalue weighted by Gasteiger charge is 2.32. The van der Waals surface area contributed by atoms with Gasteiger partial charge in [-0.15, -0.1) is 0 Å². The van der Waals surface area contributed by atoms with Crippen LogP contribution in [0.1, 0.15) is 31.2 Å². The minimum Gasteiger partial charge on any atom is -0.396 e. The van der Waals surface area contributed by atoms with E-state index >= 15 is 0 Å². The lowest BCUT2D eigenvalue weighted by Crippen LogP contribution is -2.43. The van der Waals surface area contributed by atoms with Gasteiger partial charge in [0.2, 0.25) is 5.91 Å². The topological polar surface area (TPSA) is 71.5 Å². The van der Waals surface area contributed by atoms with Gasteiger partial charge < -0.3 is 15.2 Å². The van der Waals surface area contributed by atoms with E-state index in [1.54, 1.807) is 6.20 Å². The molecule has 0 atom stereocenters. The number of rotatable bonds is 7. The van der Waals surface area contributed by atoms with Crippen molar-refractivity contribution in [1.82, 2.24) is 10.3 Å². The summed E-state index contributed by atoms with van der Waals surface area (Å²) in [5.74, 6) is 0.0539. The van der Waals surface area contributed by atoms with E-state index in [9.17, 15) is 9.90 Å². The maximum Gasteiger partial charge on any atom is 0.220 e. The van der Waals surface area contributed by atoms with Crippen LogP contribution < -0.4 is 5.32 Å². The monoisotopic (exact) mass is 292 g/mol. The highest BCUT2D eigenvalue weighted by atomic mass is 16.5. The number of carbonyl (C=O) groups is 1. The number of nitrogens with zero attached hydrogens (tertiary/aromatic N) is 1. The van der Waals surface area contributed by atoms with Crippen LogP contribution in [0.5, 0.6) is 0 Å². The number of pyridine rings is 1. The number of carbonyl (C=O) groups excluding carboxylic acids is 1. The molecule has 1 aliphatic rings. The summed E-state index contributed by atoms with van der Waals surface area (Å²) in [5, 5.41) is 12.5. The minimum atomic E-state index is -0.197. The van der Waals surface area contributed by atoms with Crippen molar-refractivity contribution in [3.05, 3.63) is 30.1 Å². The van der Waals surface area contributed by atoms with Crippen LogP contribution >= 0.6 is 0 Å². The maximum absolute atomic E-state index is 11.9. The summed E-state index contributed by atoms with van der Waals surface area (Å²) in [4.78, 5) is 16.0. The Morgan fingerprint density at radius 1 is 1.43 bits per heavy atom. The number of ether oxygens (including phenoxy) is 1. The summed E-state index contributed by atoms with van der Waals surface area (Å²) in [6.07, 6.45) is 7.37. The molecule has 2 N–H and O–H groups in total. The van der Waals surface area contributed by atoms with Crippen LogP contribution in [0.3, 0.4) is 0 Å². The van der Waals surface area contributed by atoms with E-state index < -0.39 is 0 Å². The number of amides is 1. The minimum absolute atomic E-state index is 0.0539. The normalized spacial score (nSPS) is 17.4. The molecule has 0 spiro atoms. The van der Waals surface area contributed by atoms with E-state index in [-0.39, 0.29) is 17.9 Å². The van der Waals surface area contributed by atoms with Crippen LogP contribution in [0, 0.1) is 5.41 Å². The molecule has 0 saturated carbocycles. The second kappa shape index (κ2) is 8.10. The summed E-state index contributed by atoms with van der Waals surface area (Å²) in [5.41, 5.74) is 0.957. The average molecular weight is 292 g/mol. The SMILES string of the molecule is O=C(CCCc1cccnc1)NCC1(CO)CCOCC1. The Kier molecular flexibility index (Phi) is 6.14. The van der Waals surface area contributed by atoms with Crippen molar-refractivity contribution in [2.24, 2.45) is 5.41 Å². The van der Waals surface area contributed by atoms with E-state index in [1.807, 2.05) is 18.3 Å². The van der Waals surface area contributed by atoms with Gasteiger partial charge in [0.1, 0.15) is 0 Å². The van der Waals surface area contributed by atoms with Crippen molar-refractivity contribution in [3.63, 3.8) is 0 Å². The van der Waals surface area contributed by atoms with Crippen LogP contribution in [-0.2, 0) is 16.0 Å². The Hall–Kier alpha value is -1.46. The summed E-state index contributed by atoms with van der Waals surface area (Å²) >= 11 is 0. The molecule has 0 bridgehead atoms. The van der Waals surface area contributed by atoms with E-state index in [1.165, 1.54) is 0 Å². The first-order valence-corrected chi connectivity index (χ1v) is 7.58. The lowest BCUT2D eigenvalue weighted by atomic mass is 9.81. The van der Waals surface area contributed by atoms with Crippen LogP contribution in [-0.4, -0.2) is 42.4 Å². The first-order valence-electron chi connectivity index (χ1n) is 7.58. The number of aryl methyl sites for hydroxylation is 1. The fourth-order valence-electron chi connectivity index (χ4n) is 2.57. The molecular weight excluding hydrogens is 268 g/mol. The van der Waals surface area contributed by atoms with Gasteiger partial charge in [-0.3, -0.25) is 9.78 Å². The molecule has 2 rings (SSSR count). The van der Waals surface area contributed by atoms with Gasteiger partial charge >= 0.3 is 0 Å². The number of aromatic nitrogens is 1. The van der Waals surface area contributed by atoms with Crippen molar-refractivity contribution in [1.29, 1.82) is 0 Å². The van der Waals surface area contributed by atoms with Gasteiger partial charge in [-0.25, -0.2) is 0 Å². The Balaban J connectivity index is 1.67. The molecule has 1 aromatic rings. The quantitative estimate of drug-likeness (QED) is 0.795. The number of hydrogen-bond donors (Lipinski definition) is 2. The third-order valence-electron chi connectivity index (χ3n) is 4.14. The second-order valence-corrected chi connectivity index (χ2v) is 5.76. The van der Waals surface area contributed by atoms with Gasteiger partial charge in [0, 0.05) is 44.0 Å². The molecule has 0 unspecified atom stereocenters. The fourth-order valence-corrected chi connectivity index (χ4v) is 2.57. The first-order chi connectivity index (χ1) is 10.2. The summed E-state index contributed by atoms with van der Waals surface area (Å²) in [7, 11) is 0. The summed E-state index contributed by atoms with van der Waals surface area (Å²) < 4.78 is 5.32. The van der Waals surface area contributed by atoms with E-state index in [2.05, 4.69) is 10.3 Å². The third kappa shape index (κ3) is 5.10. The van der Waals surface area contributed by atoms with Gasteiger partial charge in [-0.1, -0.05) is 6.07 Å². The molecule has 0 aromatic carbocycles. The number of aliphatic hydroxyl groups is 1. The molecule has 2 heterocycles. The first kappa shape index (κ1) is 15.9. The highest BCUT2D eigenvalue weighted by molar-refractivity contribution is 5.75. The van der Waals surface area contributed by atoms with Crippen molar-refractivity contribution >= 4 is 5.91 Å². The zero-order valence-corrected chi connectivity index (χ0v) is 12.4. The molecule has 1 amide bonds. The zero-order chi connectivity index (χ0) is 15.0. The van der Waals surface area contributed by atoms with E-state index in [4.69, 9.17) is 4.74 Å². The number of hydrogen-bond acceptors (Lipinski definition) is 4. The van der Waals surface area contributed by atoms with Crippen molar-refractivity contribution in [3.8, 4) is 0 Å². The van der Waals surface area contributed by atoms with Gasteiger partial charge in [0.25, 0.3) is 0 Å². The largest absolute Gasteiger partial charge is 0.396 e. The summed E-state index contributed by atoms with van der Waals surface area (Å²) in [6, 6.07) is 3.93. The Morgan fingerprint density at radius 2 is 2.24 bits per heavy atom. The van der Waals surface area contributed by atoms with E-state index in [0.717, 1.165) is 31.2 Å². The molecule has 116 valence electrons. The Morgan fingerprint density at radius 3 is 2.90 bits per heavy atom. The molecular formula is C16H24N2O3. The molecule has 21 heavy (non-hydrogen) atoms. The van der Waals surface area contributed by atoms with Crippen LogP contribution in [0.4, 0.5) is 0 Å². The smallest absolute Gasteiger partial charge is 0.220 e. The number of nitrogens with one attached hydrogen (secondary N) is 1. The second-order valence-electron chi connectivity index (χ2n) is 5.76. The maximum atomic E-state index is 11.9. The predicted molar refractivity (Wildman–Crippen MR) is 79.8 cm³/mol. The van der Waals surface area contributed by atoms with Crippen LogP contribution in [0.2, 0.25) is 0 Å². The third-order valence-corrected chi connectivity index (χ3v) is 4.14. The van der Waals surface area contributed by atoms with Crippen molar-refractivity contribution in [2.75, 3.05) is 26.4 Å². The predicted octanol–water partition coefficient (Wildman–Crippen LogP) is 1.31. The van der Waals surface area contributed by atoms with Gasteiger partial charge in [-0.05, 0) is 37.3 Å². The van der Waals surface area contributed by atoms with Crippen LogP contribution in [0.15, 0.2) is 24.5 Å². The zero-order valence-electron chi connectivity index (χ0n) is 12.4. The van der Waals surface area contributed by atoms with Crippen LogP contribution in [0.25, 0.3) is 0 Å². The van der Waals surface area contributed by atoms with Crippen molar-refractivity contribution < 1.29 is 14.6 Å². The molecule has 1 aromatic heterocycles. The Bertz CT molecular complexity index is 430. The fraction of sp³-hybridized carbons (Fsp3) is 0.625. The molecule has 0 radical (unpaired) electrons. The van der Waals surface area contributed by atoms with Gasteiger partial charge in [0.05, 0.1) is 6.61 Å². The molecule has 0 aliphatic carbocycles. The lowest BCUT2D eigenvalue weighted by molar-refractivity contribution is -0.122. The van der Waals surface area contributed by atoms with Gasteiger partial charge in [0.15, 0.2) is 0 Å². The lowest BCUT2D eigenvalue weighted by Gasteiger charge is -2.35. The Labute approximate surface area is 125 Å². The molecule has 5 heteroatoms. The van der Waals surface area contributed by atoms with Gasteiger partial charge in [-0.2, -0.15) is 0 Å². The van der Waals surface area contributed by atoms with Crippen molar-refractivity contribution in [2.45, 2.75) is 32.1 Å². The number of aliphatic hydroxyl groups excluding tert-OH is 1. The average Bonchev–Trinajstić information content (AvgIpc) is 2.55. The molecule has 1 aliphatic heterocycles. The molecule has 1 fully saturated rings. The highest BCUT2D eigenvalue weighted by Crippen LogP contribution is 2.28. The summed E-state index contributed by atoms with van der Waals surface area (Å²) in [6.45, 7) is 1.97. The molecule has 5 nitrogen and oxygen atoms in total. The standard InChI is InChI=1S/C16H24N2O3/c19-13-16(6-9-21-10-7-16)12-18-15(20)5-1-3-14-4-2-8-17-11-14/h2,4,8,11,19H,1,3,5-7,9-10,12-13H2,(H,18,20). The molecule has 1 saturated heterocycles. The van der Waals surface area contributed by atoms with E-state index in [0.29, 0.717) is 26.2 Å².